The first-order valence-corrected chi connectivity index (χ1v) is 11.6. The van der Waals surface area contributed by atoms with Crippen molar-refractivity contribution in [2.75, 3.05) is 26.6 Å². The number of pyridine rings is 1. The first kappa shape index (κ1) is 25.5. The van der Waals surface area contributed by atoms with Crippen molar-refractivity contribution < 1.29 is 23.8 Å². The van der Waals surface area contributed by atoms with Crippen molar-refractivity contribution in [3.8, 4) is 17.2 Å². The molecule has 0 aliphatic heterocycles. The number of benzene rings is 3. The average Bonchev–Trinajstić information content (AvgIpc) is 2.90. The van der Waals surface area contributed by atoms with E-state index in [-0.39, 0.29) is 23.4 Å². The summed E-state index contributed by atoms with van der Waals surface area (Å²) in [4.78, 5) is 40.0. The first-order chi connectivity index (χ1) is 17.7. The van der Waals surface area contributed by atoms with Crippen molar-refractivity contribution >= 4 is 28.3 Å². The molecule has 0 unspecified atom stereocenters. The molecule has 0 fully saturated rings. The van der Waals surface area contributed by atoms with Crippen molar-refractivity contribution in [2.24, 2.45) is 0 Å². The molecule has 1 N–H and O–H groups in total. The Hall–Kier alpha value is -4.59. The Balaban J connectivity index is 1.83. The summed E-state index contributed by atoms with van der Waals surface area (Å²) < 4.78 is 17.6. The predicted octanol–water partition coefficient (Wildman–Crippen LogP) is 4.51. The van der Waals surface area contributed by atoms with Crippen LogP contribution in [0.25, 0.3) is 10.9 Å². The first-order valence-electron chi connectivity index (χ1n) is 11.6. The highest BCUT2D eigenvalue weighted by Crippen LogP contribution is 2.31. The van der Waals surface area contributed by atoms with Crippen molar-refractivity contribution in [1.82, 2.24) is 4.57 Å². The maximum Gasteiger partial charge on any atom is 0.244 e. The molecule has 0 bridgehead atoms. The maximum atomic E-state index is 13.5. The number of carbonyl (C=O) groups excluding carboxylic acids is 2. The number of anilines is 1. The van der Waals surface area contributed by atoms with Gasteiger partial charge in [-0.25, -0.2) is 0 Å². The predicted molar refractivity (Wildman–Crippen MR) is 142 cm³/mol. The van der Waals surface area contributed by atoms with Crippen LogP contribution in [0.2, 0.25) is 0 Å². The van der Waals surface area contributed by atoms with Gasteiger partial charge in [0.1, 0.15) is 12.3 Å². The van der Waals surface area contributed by atoms with E-state index >= 15 is 0 Å². The molecule has 1 aromatic heterocycles. The Morgan fingerprint density at radius 3 is 2.27 bits per heavy atom. The molecule has 0 aliphatic rings. The highest BCUT2D eigenvalue weighted by molar-refractivity contribution is 6.10. The average molecular weight is 501 g/mol. The number of nitrogens with zero attached hydrogens (tertiary/aromatic N) is 1. The number of rotatable bonds is 8. The fraction of sp³-hybridized carbons (Fsp3) is 0.207. The van der Waals surface area contributed by atoms with Crippen LogP contribution in [0.4, 0.5) is 5.69 Å². The number of amides is 1. The van der Waals surface area contributed by atoms with Crippen LogP contribution in [-0.4, -0.2) is 37.6 Å². The van der Waals surface area contributed by atoms with Crippen LogP contribution >= 0.6 is 0 Å². The second-order valence-electron chi connectivity index (χ2n) is 8.63. The van der Waals surface area contributed by atoms with Crippen molar-refractivity contribution in [3.05, 3.63) is 93.3 Å². The molecule has 0 atom stereocenters. The van der Waals surface area contributed by atoms with Crippen LogP contribution in [0, 0.1) is 13.8 Å². The second-order valence-corrected chi connectivity index (χ2v) is 8.63. The second kappa shape index (κ2) is 10.6. The molecule has 1 heterocycles. The zero-order valence-electron chi connectivity index (χ0n) is 21.4. The van der Waals surface area contributed by atoms with E-state index < -0.39 is 11.2 Å². The van der Waals surface area contributed by atoms with Gasteiger partial charge in [-0.05, 0) is 49.2 Å². The monoisotopic (exact) mass is 500 g/mol. The Bertz CT molecular complexity index is 1570. The Morgan fingerprint density at radius 2 is 1.59 bits per heavy atom. The van der Waals surface area contributed by atoms with Gasteiger partial charge >= 0.3 is 0 Å². The molecule has 1 amide bonds. The third kappa shape index (κ3) is 5.18. The van der Waals surface area contributed by atoms with Gasteiger partial charge in [-0.1, -0.05) is 18.2 Å². The molecule has 8 heteroatoms. The number of ether oxygens (including phenoxy) is 3. The van der Waals surface area contributed by atoms with E-state index in [0.717, 1.165) is 11.1 Å². The number of ketones is 1. The summed E-state index contributed by atoms with van der Waals surface area (Å²) in [5, 5.41) is 3.07. The number of nitrogens with one attached hydrogen (secondary N) is 1. The van der Waals surface area contributed by atoms with Gasteiger partial charge in [0, 0.05) is 29.6 Å². The standard InChI is InChI=1S/C29H28N2O6/c1-17-9-10-19(11-18(17)2)28(33)23-15-31(16-27(32)30-20-7-6-8-21(12-20)35-3)24-14-26(37-5)25(36-4)13-22(24)29(23)34/h6-15H,16H2,1-5H3,(H,30,32). The number of methoxy groups -OCH3 is 3. The molecule has 37 heavy (non-hydrogen) atoms. The molecule has 0 aliphatic carbocycles. The van der Waals surface area contributed by atoms with Gasteiger partial charge in [-0.15, -0.1) is 0 Å². The highest BCUT2D eigenvalue weighted by Gasteiger charge is 2.21. The number of aromatic nitrogens is 1. The van der Waals surface area contributed by atoms with Crippen LogP contribution in [0.3, 0.4) is 0 Å². The van der Waals surface area contributed by atoms with E-state index in [4.69, 9.17) is 14.2 Å². The lowest BCUT2D eigenvalue weighted by atomic mass is 9.98. The number of hydrogen-bond donors (Lipinski definition) is 1. The fourth-order valence-corrected chi connectivity index (χ4v) is 4.10. The fourth-order valence-electron chi connectivity index (χ4n) is 4.10. The van der Waals surface area contributed by atoms with E-state index in [1.807, 2.05) is 19.9 Å². The highest BCUT2D eigenvalue weighted by atomic mass is 16.5. The van der Waals surface area contributed by atoms with E-state index in [9.17, 15) is 14.4 Å². The van der Waals surface area contributed by atoms with Gasteiger partial charge in [0.15, 0.2) is 17.3 Å². The minimum absolute atomic E-state index is 0.0443. The lowest BCUT2D eigenvalue weighted by Gasteiger charge is -2.16. The summed E-state index contributed by atoms with van der Waals surface area (Å²) in [7, 11) is 4.50. The molecule has 0 saturated carbocycles. The Kier molecular flexibility index (Phi) is 7.29. The lowest BCUT2D eigenvalue weighted by molar-refractivity contribution is -0.116. The van der Waals surface area contributed by atoms with Gasteiger partial charge in [-0.3, -0.25) is 14.4 Å². The van der Waals surface area contributed by atoms with Crippen LogP contribution in [0.5, 0.6) is 17.2 Å². The van der Waals surface area contributed by atoms with Crippen molar-refractivity contribution in [1.29, 1.82) is 0 Å². The van der Waals surface area contributed by atoms with Crippen molar-refractivity contribution in [2.45, 2.75) is 20.4 Å². The van der Waals surface area contributed by atoms with Crippen LogP contribution < -0.4 is 25.0 Å². The summed E-state index contributed by atoms with van der Waals surface area (Å²) in [5.74, 6) is 0.564. The van der Waals surface area contributed by atoms with Gasteiger partial charge in [0.25, 0.3) is 0 Å². The van der Waals surface area contributed by atoms with Crippen LogP contribution in [0.1, 0.15) is 27.0 Å². The minimum atomic E-state index is -0.455. The molecular weight excluding hydrogens is 472 g/mol. The molecule has 190 valence electrons. The number of fused-ring (bicyclic) bond motifs is 1. The Morgan fingerprint density at radius 1 is 0.865 bits per heavy atom. The van der Waals surface area contributed by atoms with E-state index in [1.54, 1.807) is 54.1 Å². The molecule has 0 radical (unpaired) electrons. The van der Waals surface area contributed by atoms with Gasteiger partial charge in [0.05, 0.1) is 37.8 Å². The summed E-state index contributed by atoms with van der Waals surface area (Å²) in [6, 6.07) is 15.4. The quantitative estimate of drug-likeness (QED) is 0.358. The third-order valence-corrected chi connectivity index (χ3v) is 6.27. The molecule has 8 nitrogen and oxygen atoms in total. The molecule has 4 rings (SSSR count). The van der Waals surface area contributed by atoms with Gasteiger partial charge < -0.3 is 24.1 Å². The largest absolute Gasteiger partial charge is 0.497 e. The number of carbonyl (C=O) groups is 2. The van der Waals surface area contributed by atoms with Gasteiger partial charge in [0.2, 0.25) is 11.3 Å². The summed E-state index contributed by atoms with van der Waals surface area (Å²) in [6.07, 6.45) is 1.43. The molecule has 0 spiro atoms. The summed E-state index contributed by atoms with van der Waals surface area (Å²) in [5.41, 5.74) is 2.86. The van der Waals surface area contributed by atoms with Crippen LogP contribution in [0.15, 0.2) is 65.6 Å². The smallest absolute Gasteiger partial charge is 0.244 e. The SMILES string of the molecule is COc1cccc(NC(=O)Cn2cc(C(=O)c3ccc(C)c(C)c3)c(=O)c3cc(OC)c(OC)cc32)c1. The van der Waals surface area contributed by atoms with Gasteiger partial charge in [-0.2, -0.15) is 0 Å². The van der Waals surface area contributed by atoms with E-state index in [2.05, 4.69) is 5.32 Å². The summed E-state index contributed by atoms with van der Waals surface area (Å²) >= 11 is 0. The van der Waals surface area contributed by atoms with E-state index in [0.29, 0.717) is 34.0 Å². The normalized spacial score (nSPS) is 10.7. The number of hydrogen-bond acceptors (Lipinski definition) is 6. The molecule has 3 aromatic carbocycles. The molecule has 4 aromatic rings. The third-order valence-electron chi connectivity index (χ3n) is 6.27. The van der Waals surface area contributed by atoms with Crippen molar-refractivity contribution in [3.63, 3.8) is 0 Å². The zero-order chi connectivity index (χ0) is 26.7. The minimum Gasteiger partial charge on any atom is -0.497 e. The maximum absolute atomic E-state index is 13.5. The Labute approximate surface area is 214 Å². The lowest BCUT2D eigenvalue weighted by Crippen LogP contribution is -2.24. The zero-order valence-corrected chi connectivity index (χ0v) is 21.4. The molecular formula is C29H28N2O6. The van der Waals surface area contributed by atoms with Crippen LogP contribution in [-0.2, 0) is 11.3 Å². The molecule has 0 saturated heterocycles. The van der Waals surface area contributed by atoms with E-state index in [1.165, 1.54) is 26.5 Å². The topological polar surface area (TPSA) is 95.9 Å². The summed E-state index contributed by atoms with van der Waals surface area (Å²) in [6.45, 7) is 3.70. The number of aryl methyl sites for hydroxylation is 2.